The van der Waals surface area contributed by atoms with Crippen molar-refractivity contribution >= 4 is 16.6 Å². The first-order valence-corrected chi connectivity index (χ1v) is 8.88. The number of nitrogens with one attached hydrogen (secondary N) is 1. The van der Waals surface area contributed by atoms with Crippen molar-refractivity contribution < 1.29 is 4.74 Å². The molecule has 3 heterocycles. The molecule has 1 aliphatic rings. The lowest BCUT2D eigenvalue weighted by Gasteiger charge is -2.36. The van der Waals surface area contributed by atoms with E-state index in [2.05, 4.69) is 51.0 Å². The maximum Gasteiger partial charge on any atom is 0.213 e. The molecule has 2 aromatic heterocycles. The Morgan fingerprint density at radius 2 is 2.00 bits per heavy atom. The molecule has 0 aliphatic carbocycles. The highest BCUT2D eigenvalue weighted by Crippen LogP contribution is 2.26. The Kier molecular flexibility index (Phi) is 4.57. The molecule has 130 valence electrons. The van der Waals surface area contributed by atoms with Gasteiger partial charge in [-0.25, -0.2) is 4.98 Å². The molecule has 0 atom stereocenters. The average Bonchev–Trinajstić information content (AvgIpc) is 3.11. The number of H-pyrrole nitrogens is 1. The van der Waals surface area contributed by atoms with Crippen LogP contribution in [0.4, 0.5) is 5.69 Å². The van der Waals surface area contributed by atoms with E-state index in [9.17, 15) is 0 Å². The van der Waals surface area contributed by atoms with Gasteiger partial charge in [-0.3, -0.25) is 4.90 Å². The molecule has 5 heteroatoms. The second-order valence-electron chi connectivity index (χ2n) is 6.56. The summed E-state index contributed by atoms with van der Waals surface area (Å²) in [6.45, 7) is 7.90. The van der Waals surface area contributed by atoms with Crippen LogP contribution in [0.3, 0.4) is 0 Å². The van der Waals surface area contributed by atoms with Crippen LogP contribution >= 0.6 is 0 Å². The molecule has 0 spiro atoms. The first kappa shape index (κ1) is 16.0. The Morgan fingerprint density at radius 1 is 1.12 bits per heavy atom. The van der Waals surface area contributed by atoms with E-state index in [0.717, 1.165) is 38.6 Å². The molecule has 4 rings (SSSR count). The van der Waals surface area contributed by atoms with Crippen molar-refractivity contribution in [1.29, 1.82) is 0 Å². The third-order valence-electron chi connectivity index (χ3n) is 4.83. The molecule has 1 fully saturated rings. The van der Waals surface area contributed by atoms with E-state index >= 15 is 0 Å². The second-order valence-corrected chi connectivity index (χ2v) is 6.56. The molecule has 0 saturated carbocycles. The molecule has 1 N–H and O–H groups in total. The van der Waals surface area contributed by atoms with Crippen molar-refractivity contribution in [3.05, 3.63) is 54.4 Å². The van der Waals surface area contributed by atoms with Crippen molar-refractivity contribution in [1.82, 2.24) is 14.9 Å². The normalized spacial score (nSPS) is 15.6. The lowest BCUT2D eigenvalue weighted by molar-refractivity contribution is 0.197. The highest BCUT2D eigenvalue weighted by atomic mass is 16.5. The minimum absolute atomic E-state index is 0.684. The molecule has 0 unspecified atom stereocenters. The third-order valence-corrected chi connectivity index (χ3v) is 4.83. The number of rotatable bonds is 5. The summed E-state index contributed by atoms with van der Waals surface area (Å²) in [6.07, 6.45) is 3.81. The van der Waals surface area contributed by atoms with Crippen LogP contribution in [0.1, 0.15) is 5.56 Å². The number of aryl methyl sites for hydroxylation is 1. The molecule has 0 amide bonds. The van der Waals surface area contributed by atoms with Gasteiger partial charge in [0.25, 0.3) is 0 Å². The summed E-state index contributed by atoms with van der Waals surface area (Å²) in [6, 6.07) is 12.6. The first-order chi connectivity index (χ1) is 12.3. The van der Waals surface area contributed by atoms with Gasteiger partial charge < -0.3 is 14.6 Å². The molecular weight excluding hydrogens is 312 g/mol. The van der Waals surface area contributed by atoms with Gasteiger partial charge in [-0.2, -0.15) is 0 Å². The molecular formula is C20H24N4O. The summed E-state index contributed by atoms with van der Waals surface area (Å²) in [5.74, 6) is 0.720. The fourth-order valence-electron chi connectivity index (χ4n) is 3.42. The van der Waals surface area contributed by atoms with Crippen LogP contribution in [0.5, 0.6) is 5.88 Å². The Hall–Kier alpha value is -2.53. The fraction of sp³-hybridized carbons (Fsp3) is 0.350. The van der Waals surface area contributed by atoms with Gasteiger partial charge in [-0.05, 0) is 36.8 Å². The minimum Gasteiger partial charge on any atom is -0.476 e. The highest BCUT2D eigenvalue weighted by molar-refractivity contribution is 5.92. The van der Waals surface area contributed by atoms with Crippen molar-refractivity contribution in [2.24, 2.45) is 0 Å². The smallest absolute Gasteiger partial charge is 0.213 e. The molecule has 1 aliphatic heterocycles. The van der Waals surface area contributed by atoms with Gasteiger partial charge in [-0.15, -0.1) is 0 Å². The zero-order valence-electron chi connectivity index (χ0n) is 14.6. The van der Waals surface area contributed by atoms with Gasteiger partial charge in [-0.1, -0.05) is 6.07 Å². The van der Waals surface area contributed by atoms with Gasteiger partial charge >= 0.3 is 0 Å². The van der Waals surface area contributed by atoms with Crippen molar-refractivity contribution in [3.8, 4) is 5.88 Å². The Balaban J connectivity index is 1.29. The predicted octanol–water partition coefficient (Wildman–Crippen LogP) is 3.07. The number of nitrogens with zero attached hydrogens (tertiary/aromatic N) is 3. The maximum absolute atomic E-state index is 5.78. The Labute approximate surface area is 148 Å². The van der Waals surface area contributed by atoms with Crippen LogP contribution < -0.4 is 9.64 Å². The summed E-state index contributed by atoms with van der Waals surface area (Å²) < 4.78 is 5.78. The van der Waals surface area contributed by atoms with E-state index < -0.39 is 0 Å². The summed E-state index contributed by atoms with van der Waals surface area (Å²) in [4.78, 5) is 12.5. The van der Waals surface area contributed by atoms with Crippen molar-refractivity contribution in [2.75, 3.05) is 44.2 Å². The maximum atomic E-state index is 5.78. The summed E-state index contributed by atoms with van der Waals surface area (Å²) in [5.41, 5.74) is 3.72. The quantitative estimate of drug-likeness (QED) is 0.778. The number of ether oxygens (including phenoxy) is 1. The number of aromatic nitrogens is 2. The summed E-state index contributed by atoms with van der Waals surface area (Å²) in [5, 5.41) is 1.31. The number of benzene rings is 1. The molecule has 1 aromatic carbocycles. The molecule has 3 aromatic rings. The van der Waals surface area contributed by atoms with Crippen molar-refractivity contribution in [2.45, 2.75) is 6.92 Å². The number of piperazine rings is 1. The SMILES string of the molecule is Cc1ccnc(OCCN2CCN(c3cccc4[nH]ccc34)CC2)c1. The number of aromatic amines is 1. The zero-order chi connectivity index (χ0) is 17.1. The lowest BCUT2D eigenvalue weighted by atomic mass is 10.1. The Bertz CT molecular complexity index is 836. The number of anilines is 1. The third kappa shape index (κ3) is 3.61. The van der Waals surface area contributed by atoms with E-state index in [1.807, 2.05) is 18.3 Å². The molecule has 25 heavy (non-hydrogen) atoms. The Morgan fingerprint density at radius 3 is 2.84 bits per heavy atom. The summed E-state index contributed by atoms with van der Waals surface area (Å²) >= 11 is 0. The summed E-state index contributed by atoms with van der Waals surface area (Å²) in [7, 11) is 0. The van der Waals surface area contributed by atoms with Crippen LogP contribution in [0.25, 0.3) is 10.9 Å². The van der Waals surface area contributed by atoms with E-state index in [-0.39, 0.29) is 0 Å². The lowest BCUT2D eigenvalue weighted by Crippen LogP contribution is -2.47. The molecule has 0 radical (unpaired) electrons. The van der Waals surface area contributed by atoms with Gasteiger partial charge in [0.2, 0.25) is 5.88 Å². The second kappa shape index (κ2) is 7.15. The van der Waals surface area contributed by atoms with Crippen LogP contribution in [0.2, 0.25) is 0 Å². The molecule has 5 nitrogen and oxygen atoms in total. The monoisotopic (exact) mass is 336 g/mol. The topological polar surface area (TPSA) is 44.4 Å². The van der Waals surface area contributed by atoms with Gasteiger partial charge in [0.05, 0.1) is 0 Å². The average molecular weight is 336 g/mol. The molecule has 1 saturated heterocycles. The van der Waals surface area contributed by atoms with E-state index in [0.29, 0.717) is 6.61 Å². The number of hydrogen-bond acceptors (Lipinski definition) is 4. The van der Waals surface area contributed by atoms with Crippen LogP contribution in [-0.2, 0) is 0 Å². The van der Waals surface area contributed by atoms with Gasteiger partial charge in [0, 0.05) is 67.8 Å². The van der Waals surface area contributed by atoms with Gasteiger partial charge in [0.15, 0.2) is 0 Å². The number of hydrogen-bond donors (Lipinski definition) is 1. The predicted molar refractivity (Wildman–Crippen MR) is 101 cm³/mol. The molecule has 0 bridgehead atoms. The van der Waals surface area contributed by atoms with Crippen LogP contribution in [-0.4, -0.2) is 54.2 Å². The number of pyridine rings is 1. The van der Waals surface area contributed by atoms with Crippen LogP contribution in [0, 0.1) is 6.92 Å². The minimum atomic E-state index is 0.684. The standard InChI is InChI=1S/C20H24N4O/c1-16-5-7-22-20(15-16)25-14-13-23-9-11-24(12-10-23)19-4-2-3-18-17(19)6-8-21-18/h2-8,15,21H,9-14H2,1H3. The zero-order valence-corrected chi connectivity index (χ0v) is 14.6. The van der Waals surface area contributed by atoms with E-state index in [1.54, 1.807) is 6.20 Å². The largest absolute Gasteiger partial charge is 0.476 e. The van der Waals surface area contributed by atoms with E-state index in [4.69, 9.17) is 4.74 Å². The van der Waals surface area contributed by atoms with E-state index in [1.165, 1.54) is 22.2 Å². The number of fused-ring (bicyclic) bond motifs is 1. The highest BCUT2D eigenvalue weighted by Gasteiger charge is 2.18. The fourth-order valence-corrected chi connectivity index (χ4v) is 3.42. The van der Waals surface area contributed by atoms with Gasteiger partial charge in [0.1, 0.15) is 6.61 Å². The van der Waals surface area contributed by atoms with Crippen molar-refractivity contribution in [3.63, 3.8) is 0 Å². The first-order valence-electron chi connectivity index (χ1n) is 8.88. The van der Waals surface area contributed by atoms with Crippen LogP contribution in [0.15, 0.2) is 48.8 Å².